The maximum absolute atomic E-state index is 4.19. The van der Waals surface area contributed by atoms with Crippen molar-refractivity contribution in [3.05, 3.63) is 24.0 Å². The van der Waals surface area contributed by atoms with Crippen LogP contribution >= 0.6 is 11.8 Å². The molecule has 0 aromatic carbocycles. The Hall–Kier alpha value is -0.700. The second kappa shape index (κ2) is 4.66. The molecule has 1 saturated heterocycles. The van der Waals surface area contributed by atoms with Crippen molar-refractivity contribution in [1.82, 2.24) is 4.98 Å². The highest BCUT2D eigenvalue weighted by molar-refractivity contribution is 7.99. The zero-order valence-electron chi connectivity index (χ0n) is 10.3. The van der Waals surface area contributed by atoms with Gasteiger partial charge in [-0.3, -0.25) is 4.98 Å². The molecular weight excluding hydrogens is 216 g/mol. The highest BCUT2D eigenvalue weighted by Crippen LogP contribution is 2.36. The van der Waals surface area contributed by atoms with Gasteiger partial charge in [-0.2, -0.15) is 11.8 Å². The van der Waals surface area contributed by atoms with Crippen LogP contribution in [0.5, 0.6) is 0 Å². The van der Waals surface area contributed by atoms with Gasteiger partial charge in [-0.1, -0.05) is 13.8 Å². The van der Waals surface area contributed by atoms with Gasteiger partial charge in [0.15, 0.2) is 0 Å². The third-order valence-electron chi connectivity index (χ3n) is 3.49. The minimum Gasteiger partial charge on any atom is -0.379 e. The van der Waals surface area contributed by atoms with Crippen LogP contribution in [0.1, 0.15) is 25.8 Å². The molecule has 1 aromatic heterocycles. The fraction of sp³-hybridized carbons (Fsp3) is 0.615. The molecule has 0 spiro atoms. The number of nitrogens with zero attached hydrogens (tertiary/aromatic N) is 1. The molecule has 3 heteroatoms. The lowest BCUT2D eigenvalue weighted by molar-refractivity contribution is 0.305. The number of aromatic nitrogens is 1. The average molecular weight is 236 g/mol. The van der Waals surface area contributed by atoms with Crippen molar-refractivity contribution in [3.63, 3.8) is 0 Å². The van der Waals surface area contributed by atoms with Crippen molar-refractivity contribution in [2.45, 2.75) is 33.2 Å². The minimum absolute atomic E-state index is 0.382. The fourth-order valence-corrected chi connectivity index (χ4v) is 3.58. The molecule has 88 valence electrons. The van der Waals surface area contributed by atoms with Crippen LogP contribution in [0.25, 0.3) is 0 Å². The molecule has 2 nitrogen and oxygen atoms in total. The van der Waals surface area contributed by atoms with Crippen LogP contribution < -0.4 is 5.32 Å². The summed E-state index contributed by atoms with van der Waals surface area (Å²) < 4.78 is 0. The molecule has 1 fully saturated rings. The van der Waals surface area contributed by atoms with E-state index >= 15 is 0 Å². The van der Waals surface area contributed by atoms with Gasteiger partial charge in [0.05, 0.1) is 11.9 Å². The lowest BCUT2D eigenvalue weighted by atomic mass is 9.82. The van der Waals surface area contributed by atoms with Crippen LogP contribution in [0.2, 0.25) is 0 Å². The Labute approximate surface area is 102 Å². The van der Waals surface area contributed by atoms with E-state index in [9.17, 15) is 0 Å². The van der Waals surface area contributed by atoms with Crippen LogP contribution in [0.4, 0.5) is 5.69 Å². The summed E-state index contributed by atoms with van der Waals surface area (Å²) in [6, 6.07) is 2.61. The summed E-state index contributed by atoms with van der Waals surface area (Å²) in [5, 5.41) is 3.66. The Morgan fingerprint density at radius 2 is 2.31 bits per heavy atom. The maximum atomic E-state index is 4.19. The maximum Gasteiger partial charge on any atom is 0.0559 e. The highest BCUT2D eigenvalue weighted by Gasteiger charge is 2.32. The van der Waals surface area contributed by atoms with Gasteiger partial charge in [0.25, 0.3) is 0 Å². The third kappa shape index (κ3) is 2.51. The number of hydrogen-bond acceptors (Lipinski definition) is 3. The SMILES string of the molecule is Cc1ccncc1NC1CSCCC1(C)C. The largest absolute Gasteiger partial charge is 0.379 e. The normalized spacial score (nSPS) is 24.1. The van der Waals surface area contributed by atoms with Gasteiger partial charge in [0.1, 0.15) is 0 Å². The molecule has 16 heavy (non-hydrogen) atoms. The van der Waals surface area contributed by atoms with E-state index in [2.05, 4.69) is 37.1 Å². The van der Waals surface area contributed by atoms with Crippen LogP contribution in [0.3, 0.4) is 0 Å². The fourth-order valence-electron chi connectivity index (χ4n) is 1.98. The van der Waals surface area contributed by atoms with E-state index in [-0.39, 0.29) is 0 Å². The molecule has 1 aliphatic rings. The van der Waals surface area contributed by atoms with E-state index in [1.54, 1.807) is 0 Å². The molecule has 0 amide bonds. The molecule has 1 unspecified atom stereocenters. The second-order valence-corrected chi connectivity index (χ2v) is 6.35. The van der Waals surface area contributed by atoms with E-state index in [0.717, 1.165) is 0 Å². The van der Waals surface area contributed by atoms with E-state index in [4.69, 9.17) is 0 Å². The first kappa shape index (κ1) is 11.8. The van der Waals surface area contributed by atoms with Gasteiger partial charge >= 0.3 is 0 Å². The molecule has 0 saturated carbocycles. The second-order valence-electron chi connectivity index (χ2n) is 5.20. The summed E-state index contributed by atoms with van der Waals surface area (Å²) in [5.74, 6) is 2.48. The van der Waals surface area contributed by atoms with E-state index in [0.29, 0.717) is 11.5 Å². The van der Waals surface area contributed by atoms with Gasteiger partial charge in [-0.25, -0.2) is 0 Å². The summed E-state index contributed by atoms with van der Waals surface area (Å²) in [5.41, 5.74) is 2.84. The Balaban J connectivity index is 2.12. The highest BCUT2D eigenvalue weighted by atomic mass is 32.2. The molecule has 0 bridgehead atoms. The van der Waals surface area contributed by atoms with Gasteiger partial charge in [-0.15, -0.1) is 0 Å². The number of rotatable bonds is 2. The van der Waals surface area contributed by atoms with Crippen molar-refractivity contribution in [2.75, 3.05) is 16.8 Å². The Kier molecular flexibility index (Phi) is 3.43. The first-order chi connectivity index (χ1) is 7.59. The van der Waals surface area contributed by atoms with Crippen molar-refractivity contribution in [3.8, 4) is 0 Å². The van der Waals surface area contributed by atoms with Crippen LogP contribution in [0.15, 0.2) is 18.5 Å². The first-order valence-corrected chi connectivity index (χ1v) is 7.00. The molecule has 1 N–H and O–H groups in total. The summed E-state index contributed by atoms with van der Waals surface area (Å²) in [4.78, 5) is 4.19. The molecule has 2 rings (SSSR count). The Morgan fingerprint density at radius 3 is 3.00 bits per heavy atom. The van der Waals surface area contributed by atoms with Crippen LogP contribution in [-0.4, -0.2) is 22.5 Å². The summed E-state index contributed by atoms with van der Waals surface area (Å²) in [6.07, 6.45) is 5.07. The zero-order chi connectivity index (χ0) is 11.6. The minimum atomic E-state index is 0.382. The average Bonchev–Trinajstić information content (AvgIpc) is 2.24. The van der Waals surface area contributed by atoms with E-state index in [1.807, 2.05) is 24.2 Å². The van der Waals surface area contributed by atoms with Gasteiger partial charge in [-0.05, 0) is 36.1 Å². The van der Waals surface area contributed by atoms with Gasteiger partial charge < -0.3 is 5.32 Å². The molecule has 0 radical (unpaired) electrons. The zero-order valence-corrected chi connectivity index (χ0v) is 11.1. The molecule has 1 aromatic rings. The molecule has 1 atom stereocenters. The number of hydrogen-bond donors (Lipinski definition) is 1. The van der Waals surface area contributed by atoms with Crippen LogP contribution in [0, 0.1) is 12.3 Å². The number of nitrogens with one attached hydrogen (secondary N) is 1. The monoisotopic (exact) mass is 236 g/mol. The van der Waals surface area contributed by atoms with Crippen molar-refractivity contribution in [1.29, 1.82) is 0 Å². The lowest BCUT2D eigenvalue weighted by Crippen LogP contribution is -2.41. The molecule has 0 aliphatic carbocycles. The molecule has 2 heterocycles. The van der Waals surface area contributed by atoms with E-state index in [1.165, 1.54) is 29.2 Å². The number of pyridine rings is 1. The van der Waals surface area contributed by atoms with Crippen molar-refractivity contribution >= 4 is 17.4 Å². The topological polar surface area (TPSA) is 24.9 Å². The Bertz CT molecular complexity index is 363. The van der Waals surface area contributed by atoms with E-state index < -0.39 is 0 Å². The number of aryl methyl sites for hydroxylation is 1. The van der Waals surface area contributed by atoms with Gasteiger partial charge in [0.2, 0.25) is 0 Å². The predicted octanol–water partition coefficient (Wildman–Crippen LogP) is 3.33. The summed E-state index contributed by atoms with van der Waals surface area (Å²) in [7, 11) is 0. The third-order valence-corrected chi connectivity index (χ3v) is 4.55. The standard InChI is InChI=1S/C13H20N2S/c1-10-4-6-14-8-11(10)15-12-9-16-7-5-13(12,2)3/h4,6,8,12,15H,5,7,9H2,1-3H3. The lowest BCUT2D eigenvalue weighted by Gasteiger charge is -2.39. The summed E-state index contributed by atoms with van der Waals surface area (Å²) >= 11 is 2.05. The molecule has 1 aliphatic heterocycles. The summed E-state index contributed by atoms with van der Waals surface area (Å²) in [6.45, 7) is 6.85. The quantitative estimate of drug-likeness (QED) is 0.852. The predicted molar refractivity (Wildman–Crippen MR) is 72.1 cm³/mol. The first-order valence-electron chi connectivity index (χ1n) is 5.84. The van der Waals surface area contributed by atoms with Gasteiger partial charge in [0, 0.05) is 18.0 Å². The van der Waals surface area contributed by atoms with Crippen LogP contribution in [-0.2, 0) is 0 Å². The number of thioether (sulfide) groups is 1. The van der Waals surface area contributed by atoms with Crippen molar-refractivity contribution in [2.24, 2.45) is 5.41 Å². The smallest absolute Gasteiger partial charge is 0.0559 e. The van der Waals surface area contributed by atoms with Crippen molar-refractivity contribution < 1.29 is 0 Å². The molecular formula is C13H20N2S. The Morgan fingerprint density at radius 1 is 1.50 bits per heavy atom. The number of anilines is 1.